The zero-order valence-electron chi connectivity index (χ0n) is 28.2. The third-order valence-electron chi connectivity index (χ3n) is 8.87. The minimum absolute atomic E-state index is 0.0863. The number of carbonyl (C=O) groups excluding carboxylic acids is 1. The van der Waals surface area contributed by atoms with Gasteiger partial charge in [-0.3, -0.25) is 9.52 Å². The van der Waals surface area contributed by atoms with Crippen LogP contribution in [0.1, 0.15) is 59.2 Å². The molecule has 12 heteroatoms. The topological polar surface area (TPSA) is 145 Å². The Morgan fingerprint density at radius 3 is 1.92 bits per heavy atom. The number of amides is 1. The summed E-state index contributed by atoms with van der Waals surface area (Å²) in [5.74, 6) is 0.346. The molecule has 0 saturated heterocycles. The molecule has 1 amide bonds. The fraction of sp³-hybridized carbons (Fsp3) is 0.297. The summed E-state index contributed by atoms with van der Waals surface area (Å²) in [5, 5.41) is 9.76. The normalized spacial score (nSPS) is 14.1. The summed E-state index contributed by atoms with van der Waals surface area (Å²) in [7, 11) is -4.09. The van der Waals surface area contributed by atoms with Gasteiger partial charge in [-0.1, -0.05) is 96.1 Å². The van der Waals surface area contributed by atoms with Crippen LogP contribution in [0.3, 0.4) is 0 Å². The second-order valence-electron chi connectivity index (χ2n) is 12.8. The summed E-state index contributed by atoms with van der Waals surface area (Å²) in [4.78, 5) is 17.0. The molecule has 0 fully saturated rings. The van der Waals surface area contributed by atoms with E-state index in [1.165, 1.54) is 0 Å². The maximum atomic E-state index is 13.9. The molecule has 49 heavy (non-hydrogen) atoms. The minimum atomic E-state index is -4.09. The molecule has 1 aliphatic heterocycles. The number of hydrogen-bond donors (Lipinski definition) is 3. The first-order valence-corrected chi connectivity index (χ1v) is 17.8. The number of fused-ring (bicyclic) bond motifs is 1. The van der Waals surface area contributed by atoms with Crippen molar-refractivity contribution >= 4 is 33.3 Å². The number of azide groups is 1. The lowest BCUT2D eigenvalue weighted by atomic mass is 9.77. The van der Waals surface area contributed by atoms with Crippen molar-refractivity contribution in [2.24, 2.45) is 5.11 Å². The van der Waals surface area contributed by atoms with Crippen LogP contribution >= 0.6 is 12.2 Å². The molecule has 0 bridgehead atoms. The van der Waals surface area contributed by atoms with Crippen LogP contribution in [-0.4, -0.2) is 37.6 Å². The third kappa shape index (κ3) is 7.41. The first-order valence-electron chi connectivity index (χ1n) is 15.9. The smallest absolute Gasteiger partial charge is 0.264 e. The number of nitrogens with one attached hydrogen (secondary N) is 3. The number of rotatable bonds is 11. The molecule has 5 rings (SSSR count). The lowest BCUT2D eigenvalue weighted by molar-refractivity contribution is -0.122. The van der Waals surface area contributed by atoms with E-state index in [1.807, 2.05) is 112 Å². The van der Waals surface area contributed by atoms with Gasteiger partial charge in [-0.25, -0.2) is 8.42 Å². The Bertz CT molecular complexity index is 1920. The van der Waals surface area contributed by atoms with Gasteiger partial charge in [-0.2, -0.15) is 0 Å². The van der Waals surface area contributed by atoms with Crippen molar-refractivity contribution in [1.82, 2.24) is 15.4 Å². The van der Waals surface area contributed by atoms with Gasteiger partial charge >= 0.3 is 0 Å². The van der Waals surface area contributed by atoms with Crippen LogP contribution in [-0.2, 0) is 26.8 Å². The van der Waals surface area contributed by atoms with E-state index in [4.69, 9.17) is 17.0 Å². The standard InChI is InChI=1S/C37H40N6O4S2/c1-24-25(2)34(26(3)31-22-36(4,5)47-33(24)31)49(45,46)42-35(48)39-23-30(41-43-38)21-32(44)40-37(27-15-9-6-10-16-27,28-17-11-7-12-18-28)29-19-13-8-14-20-29/h6-20,30H,21-23H2,1-5H3,(H,40,44)(H2,39,42,48)/t30-/m0/s1. The molecule has 0 aromatic heterocycles. The first-order chi connectivity index (χ1) is 23.3. The Balaban J connectivity index is 1.35. The molecule has 1 heterocycles. The maximum absolute atomic E-state index is 13.9. The van der Waals surface area contributed by atoms with Crippen LogP contribution in [0.4, 0.5) is 0 Å². The molecule has 3 N–H and O–H groups in total. The maximum Gasteiger partial charge on any atom is 0.264 e. The van der Waals surface area contributed by atoms with E-state index in [-0.39, 0.29) is 28.9 Å². The van der Waals surface area contributed by atoms with Gasteiger partial charge in [0.25, 0.3) is 10.0 Å². The molecule has 0 spiro atoms. The van der Waals surface area contributed by atoms with Crippen molar-refractivity contribution in [2.45, 2.75) is 69.5 Å². The molecule has 4 aromatic rings. The molecule has 4 aromatic carbocycles. The number of carbonyl (C=O) groups is 1. The van der Waals surface area contributed by atoms with E-state index in [9.17, 15) is 18.7 Å². The number of ether oxygens (including phenoxy) is 1. The van der Waals surface area contributed by atoms with Crippen molar-refractivity contribution < 1.29 is 17.9 Å². The van der Waals surface area contributed by atoms with Crippen LogP contribution in [0.5, 0.6) is 5.75 Å². The monoisotopic (exact) mass is 696 g/mol. The van der Waals surface area contributed by atoms with Crippen molar-refractivity contribution in [3.63, 3.8) is 0 Å². The summed E-state index contributed by atoms with van der Waals surface area (Å²) in [6.07, 6.45) is 0.384. The number of sulfonamides is 1. The lowest BCUT2D eigenvalue weighted by Crippen LogP contribution is -2.49. The van der Waals surface area contributed by atoms with Gasteiger partial charge in [0.05, 0.1) is 10.9 Å². The summed E-state index contributed by atoms with van der Waals surface area (Å²) < 4.78 is 36.0. The molecular formula is C37H40N6O4S2. The van der Waals surface area contributed by atoms with E-state index < -0.39 is 27.2 Å². The second kappa shape index (κ2) is 14.3. The Morgan fingerprint density at radius 2 is 1.43 bits per heavy atom. The molecule has 0 saturated carbocycles. The van der Waals surface area contributed by atoms with E-state index in [0.717, 1.165) is 33.6 Å². The molecule has 0 unspecified atom stereocenters. The zero-order chi connectivity index (χ0) is 35.4. The Kier molecular flexibility index (Phi) is 10.3. The molecule has 10 nitrogen and oxygen atoms in total. The van der Waals surface area contributed by atoms with Gasteiger partial charge in [-0.15, -0.1) is 0 Å². The Hall–Kier alpha value is -4.90. The van der Waals surface area contributed by atoms with Crippen LogP contribution in [0.15, 0.2) is 101 Å². The van der Waals surface area contributed by atoms with Gasteiger partial charge in [0.15, 0.2) is 5.11 Å². The van der Waals surface area contributed by atoms with Crippen LogP contribution in [0.25, 0.3) is 10.4 Å². The van der Waals surface area contributed by atoms with Gasteiger partial charge in [0.1, 0.15) is 16.9 Å². The van der Waals surface area contributed by atoms with Crippen molar-refractivity contribution in [2.75, 3.05) is 6.54 Å². The number of nitrogens with zero attached hydrogens (tertiary/aromatic N) is 3. The SMILES string of the molecule is Cc1c(C)c(S(=O)(=O)NC(=S)NC[C@H](CC(=O)NC(c2ccccc2)(c2ccccc2)c2ccccc2)N=[N+]=[N-])c(C)c2c1OC(C)(C)C2. The fourth-order valence-corrected chi connectivity index (χ4v) is 8.46. The van der Waals surface area contributed by atoms with E-state index in [2.05, 4.69) is 25.4 Å². The first kappa shape index (κ1) is 35.4. The number of hydrogen-bond acceptors (Lipinski definition) is 6. The quantitative estimate of drug-likeness (QED) is 0.0526. The van der Waals surface area contributed by atoms with Crippen LogP contribution in [0.2, 0.25) is 0 Å². The summed E-state index contributed by atoms with van der Waals surface area (Å²) in [6.45, 7) is 9.23. The zero-order valence-corrected chi connectivity index (χ0v) is 29.8. The molecule has 1 atom stereocenters. The largest absolute Gasteiger partial charge is 0.487 e. The van der Waals surface area contributed by atoms with Crippen molar-refractivity contribution in [3.8, 4) is 5.75 Å². The molecule has 0 aliphatic carbocycles. The van der Waals surface area contributed by atoms with E-state index in [0.29, 0.717) is 17.5 Å². The van der Waals surface area contributed by atoms with Gasteiger partial charge < -0.3 is 15.4 Å². The fourth-order valence-electron chi connectivity index (χ4n) is 6.55. The highest BCUT2D eigenvalue weighted by molar-refractivity contribution is 7.92. The van der Waals surface area contributed by atoms with Crippen molar-refractivity contribution in [3.05, 3.63) is 140 Å². The summed E-state index contributed by atoms with van der Waals surface area (Å²) in [6, 6.07) is 28.1. The van der Waals surface area contributed by atoms with Crippen LogP contribution in [0, 0.1) is 20.8 Å². The average Bonchev–Trinajstić information content (AvgIpc) is 3.42. The van der Waals surface area contributed by atoms with Crippen molar-refractivity contribution in [1.29, 1.82) is 0 Å². The summed E-state index contributed by atoms with van der Waals surface area (Å²) in [5.41, 5.74) is 13.2. The third-order valence-corrected chi connectivity index (χ3v) is 10.9. The van der Waals surface area contributed by atoms with Gasteiger partial charge in [0, 0.05) is 29.9 Å². The predicted molar refractivity (Wildman–Crippen MR) is 195 cm³/mol. The highest BCUT2D eigenvalue weighted by Crippen LogP contribution is 2.44. The molecule has 1 aliphatic rings. The van der Waals surface area contributed by atoms with E-state index >= 15 is 0 Å². The highest BCUT2D eigenvalue weighted by atomic mass is 32.2. The average molecular weight is 697 g/mol. The number of benzene rings is 4. The Morgan fingerprint density at radius 1 is 0.918 bits per heavy atom. The van der Waals surface area contributed by atoms with E-state index in [1.54, 1.807) is 13.8 Å². The number of thiocarbonyl (C=S) groups is 1. The molecule has 254 valence electrons. The lowest BCUT2D eigenvalue weighted by Gasteiger charge is -2.37. The van der Waals surface area contributed by atoms with Gasteiger partial charge in [0.2, 0.25) is 5.91 Å². The van der Waals surface area contributed by atoms with Crippen LogP contribution < -0.4 is 20.1 Å². The Labute approximate surface area is 293 Å². The van der Waals surface area contributed by atoms with Gasteiger partial charge in [-0.05, 0) is 85.7 Å². The minimum Gasteiger partial charge on any atom is -0.487 e. The predicted octanol–water partition coefficient (Wildman–Crippen LogP) is 6.66. The molecular weight excluding hydrogens is 657 g/mol. The molecule has 0 radical (unpaired) electrons. The second-order valence-corrected chi connectivity index (χ2v) is 14.9. The highest BCUT2D eigenvalue weighted by Gasteiger charge is 2.39. The summed E-state index contributed by atoms with van der Waals surface area (Å²) >= 11 is 5.39.